The molecule has 0 bridgehead atoms. The third kappa shape index (κ3) is 4.58. The maximum absolute atomic E-state index is 11.1. The highest BCUT2D eigenvalue weighted by Gasteiger charge is 2.07. The van der Waals surface area contributed by atoms with Gasteiger partial charge in [-0.1, -0.05) is 18.2 Å². The Hall–Kier alpha value is -3.39. The number of benzene rings is 2. The zero-order chi connectivity index (χ0) is 18.4. The first-order valence-electron chi connectivity index (χ1n) is 8.39. The number of hydrogen-bond acceptors (Lipinski definition) is 4. The van der Waals surface area contributed by atoms with E-state index in [1.807, 2.05) is 47.2 Å². The number of aromatic nitrogens is 2. The van der Waals surface area contributed by atoms with Gasteiger partial charge in [0.1, 0.15) is 23.4 Å². The summed E-state index contributed by atoms with van der Waals surface area (Å²) >= 11 is 0. The van der Waals surface area contributed by atoms with Crippen LogP contribution in [-0.2, 0) is 17.8 Å². The van der Waals surface area contributed by atoms with Gasteiger partial charge in [0.05, 0.1) is 11.9 Å². The Morgan fingerprint density at radius 3 is 2.62 bits per heavy atom. The third-order valence-corrected chi connectivity index (χ3v) is 4.01. The van der Waals surface area contributed by atoms with Crippen LogP contribution in [0.3, 0.4) is 0 Å². The maximum atomic E-state index is 11.1. The Morgan fingerprint density at radius 1 is 1.19 bits per heavy atom. The number of rotatable bonds is 7. The third-order valence-electron chi connectivity index (χ3n) is 4.01. The number of imidazole rings is 1. The normalized spacial score (nSPS) is 10.3. The number of hydrogen-bond donors (Lipinski definition) is 0. The quantitative estimate of drug-likeness (QED) is 0.646. The molecule has 130 valence electrons. The van der Waals surface area contributed by atoms with Crippen LogP contribution in [0.2, 0.25) is 0 Å². The number of ether oxygens (including phenoxy) is 1. The molecule has 0 atom stereocenters. The molecule has 0 fully saturated rings. The van der Waals surface area contributed by atoms with Crippen LogP contribution in [0.25, 0.3) is 0 Å². The number of nitriles is 1. The van der Waals surface area contributed by atoms with E-state index in [0.29, 0.717) is 30.0 Å². The highest BCUT2D eigenvalue weighted by molar-refractivity contribution is 5.75. The average Bonchev–Trinajstić information content (AvgIpc) is 3.14. The first-order chi connectivity index (χ1) is 12.6. The van der Waals surface area contributed by atoms with E-state index in [0.717, 1.165) is 17.5 Å². The lowest BCUT2D eigenvalue weighted by Crippen LogP contribution is -1.98. The molecule has 1 aromatic heterocycles. The van der Waals surface area contributed by atoms with Gasteiger partial charge >= 0.3 is 0 Å². The molecule has 26 heavy (non-hydrogen) atoms. The van der Waals surface area contributed by atoms with E-state index < -0.39 is 0 Å². The monoisotopic (exact) mass is 345 g/mol. The van der Waals surface area contributed by atoms with E-state index in [4.69, 9.17) is 4.74 Å². The summed E-state index contributed by atoms with van der Waals surface area (Å²) < 4.78 is 7.88. The maximum Gasteiger partial charge on any atom is 0.145 e. The molecule has 5 heteroatoms. The second-order valence-electron chi connectivity index (χ2n) is 6.13. The topological polar surface area (TPSA) is 67.9 Å². The average molecular weight is 345 g/mol. The highest BCUT2D eigenvalue weighted by Crippen LogP contribution is 2.27. The van der Waals surface area contributed by atoms with E-state index in [1.54, 1.807) is 25.5 Å². The Kier molecular flexibility index (Phi) is 5.45. The molecule has 3 rings (SSSR count). The van der Waals surface area contributed by atoms with Crippen molar-refractivity contribution >= 4 is 5.78 Å². The summed E-state index contributed by atoms with van der Waals surface area (Å²) in [5.41, 5.74) is 2.59. The standard InChI is InChI=1S/C21H19N3O2/c1-16(25)2-3-17-5-8-20(9-6-17)26-21-12-18(4-7-19(21)13-22)14-24-11-10-23-15-24/h4-12,15H,2-3,14H2,1H3. The number of aryl methyl sites for hydroxylation is 1. The summed E-state index contributed by atoms with van der Waals surface area (Å²) in [6.07, 6.45) is 6.63. The molecule has 0 aliphatic heterocycles. The van der Waals surface area contributed by atoms with Crippen LogP contribution >= 0.6 is 0 Å². The summed E-state index contributed by atoms with van der Waals surface area (Å²) in [5.74, 6) is 1.37. The lowest BCUT2D eigenvalue weighted by Gasteiger charge is -2.11. The summed E-state index contributed by atoms with van der Waals surface area (Å²) in [5, 5.41) is 9.33. The Morgan fingerprint density at radius 2 is 1.96 bits per heavy atom. The van der Waals surface area contributed by atoms with Gasteiger partial charge in [0, 0.05) is 25.4 Å². The molecule has 2 aromatic carbocycles. The van der Waals surface area contributed by atoms with Crippen molar-refractivity contribution in [2.24, 2.45) is 0 Å². The Bertz CT molecular complexity index is 923. The lowest BCUT2D eigenvalue weighted by atomic mass is 10.1. The second kappa shape index (κ2) is 8.13. The highest BCUT2D eigenvalue weighted by atomic mass is 16.5. The molecule has 3 aromatic rings. The van der Waals surface area contributed by atoms with Gasteiger partial charge in [0.15, 0.2) is 0 Å². The molecule has 0 unspecified atom stereocenters. The van der Waals surface area contributed by atoms with E-state index in [-0.39, 0.29) is 5.78 Å². The molecule has 0 aliphatic carbocycles. The molecule has 0 saturated carbocycles. The zero-order valence-electron chi connectivity index (χ0n) is 14.6. The van der Waals surface area contributed by atoms with Crippen molar-refractivity contribution in [2.45, 2.75) is 26.3 Å². The summed E-state index contributed by atoms with van der Waals surface area (Å²) in [4.78, 5) is 15.1. The smallest absolute Gasteiger partial charge is 0.145 e. The van der Waals surface area contributed by atoms with Gasteiger partial charge < -0.3 is 14.1 Å². The molecule has 5 nitrogen and oxygen atoms in total. The predicted octanol–water partition coefficient (Wildman–Crippen LogP) is 4.12. The molecule has 0 radical (unpaired) electrons. The van der Waals surface area contributed by atoms with Gasteiger partial charge in [-0.3, -0.25) is 0 Å². The number of Topliss-reactive ketones (excluding diaryl/α,β-unsaturated/α-hetero) is 1. The van der Waals surface area contributed by atoms with Crippen molar-refractivity contribution in [3.8, 4) is 17.6 Å². The van der Waals surface area contributed by atoms with E-state index >= 15 is 0 Å². The van der Waals surface area contributed by atoms with Crippen molar-refractivity contribution in [1.82, 2.24) is 9.55 Å². The van der Waals surface area contributed by atoms with Crippen LogP contribution in [0.4, 0.5) is 0 Å². The van der Waals surface area contributed by atoms with Gasteiger partial charge in [-0.25, -0.2) is 4.98 Å². The van der Waals surface area contributed by atoms with Gasteiger partial charge in [0.25, 0.3) is 0 Å². The molecule has 0 N–H and O–H groups in total. The van der Waals surface area contributed by atoms with Gasteiger partial charge in [-0.2, -0.15) is 5.26 Å². The molecule has 0 amide bonds. The van der Waals surface area contributed by atoms with E-state index in [2.05, 4.69) is 11.1 Å². The molecule has 0 aliphatic rings. The first kappa shape index (κ1) is 17.4. The number of nitrogens with zero attached hydrogens (tertiary/aromatic N) is 3. The molecule has 1 heterocycles. The molecule has 0 spiro atoms. The SMILES string of the molecule is CC(=O)CCc1ccc(Oc2cc(Cn3ccnc3)ccc2C#N)cc1. The fraction of sp³-hybridized carbons (Fsp3) is 0.190. The second-order valence-corrected chi connectivity index (χ2v) is 6.13. The van der Waals surface area contributed by atoms with Crippen LogP contribution < -0.4 is 4.74 Å². The van der Waals surface area contributed by atoms with Gasteiger partial charge in [-0.05, 0) is 48.7 Å². The van der Waals surface area contributed by atoms with E-state index in [1.165, 1.54) is 0 Å². The summed E-state index contributed by atoms with van der Waals surface area (Å²) in [7, 11) is 0. The fourth-order valence-electron chi connectivity index (χ4n) is 2.60. The van der Waals surface area contributed by atoms with Crippen molar-refractivity contribution < 1.29 is 9.53 Å². The van der Waals surface area contributed by atoms with Crippen molar-refractivity contribution in [3.05, 3.63) is 77.9 Å². The van der Waals surface area contributed by atoms with Crippen LogP contribution in [0.5, 0.6) is 11.5 Å². The minimum Gasteiger partial charge on any atom is -0.456 e. The molecule has 0 saturated heterocycles. The lowest BCUT2D eigenvalue weighted by molar-refractivity contribution is -0.116. The largest absolute Gasteiger partial charge is 0.456 e. The van der Waals surface area contributed by atoms with Crippen LogP contribution in [-0.4, -0.2) is 15.3 Å². The van der Waals surface area contributed by atoms with Crippen LogP contribution in [0.15, 0.2) is 61.2 Å². The Balaban J connectivity index is 1.75. The minimum atomic E-state index is 0.179. The fourth-order valence-corrected chi connectivity index (χ4v) is 2.60. The van der Waals surface area contributed by atoms with Crippen molar-refractivity contribution in [2.75, 3.05) is 0 Å². The van der Waals surface area contributed by atoms with Crippen LogP contribution in [0.1, 0.15) is 30.0 Å². The molecular weight excluding hydrogens is 326 g/mol. The molecular formula is C21H19N3O2. The number of carbonyl (C=O) groups is 1. The Labute approximate surface area is 152 Å². The van der Waals surface area contributed by atoms with Crippen molar-refractivity contribution in [3.63, 3.8) is 0 Å². The van der Waals surface area contributed by atoms with Crippen LogP contribution in [0, 0.1) is 11.3 Å². The van der Waals surface area contributed by atoms with Crippen molar-refractivity contribution in [1.29, 1.82) is 5.26 Å². The first-order valence-corrected chi connectivity index (χ1v) is 8.39. The zero-order valence-corrected chi connectivity index (χ0v) is 14.6. The summed E-state index contributed by atoms with van der Waals surface area (Å²) in [6, 6.07) is 15.3. The minimum absolute atomic E-state index is 0.179. The predicted molar refractivity (Wildman–Crippen MR) is 98.0 cm³/mol. The number of carbonyl (C=O) groups excluding carboxylic acids is 1. The van der Waals surface area contributed by atoms with Gasteiger partial charge in [0.2, 0.25) is 0 Å². The van der Waals surface area contributed by atoms with Gasteiger partial charge in [-0.15, -0.1) is 0 Å². The van der Waals surface area contributed by atoms with E-state index in [9.17, 15) is 10.1 Å². The summed E-state index contributed by atoms with van der Waals surface area (Å²) in [6.45, 7) is 2.25. The number of ketones is 1.